The second kappa shape index (κ2) is 8.61. The summed E-state index contributed by atoms with van der Waals surface area (Å²) in [5, 5.41) is 11.8. The number of nitrogens with zero attached hydrogens (tertiary/aromatic N) is 4. The molecule has 2 saturated heterocycles. The molecule has 2 aliphatic heterocycles. The highest BCUT2D eigenvalue weighted by Crippen LogP contribution is 2.27. The standard InChI is InChI=1S/C22H32N4O4S/c1-14-9-25(10-15(2)30-14)18(27)11-24-7-5-22(29,6-8-24)12-26-13-23-20-19(21(26)28)16(3)17(4)31-20/h13-15,29H,5-12H2,1-4H3. The lowest BCUT2D eigenvalue weighted by Crippen LogP contribution is -2.53. The van der Waals surface area contributed by atoms with Gasteiger partial charge < -0.3 is 14.7 Å². The van der Waals surface area contributed by atoms with E-state index in [0.29, 0.717) is 51.0 Å². The molecule has 0 spiro atoms. The number of amides is 1. The molecule has 0 bridgehead atoms. The Hall–Kier alpha value is -1.81. The van der Waals surface area contributed by atoms with Crippen molar-refractivity contribution in [3.63, 3.8) is 0 Å². The summed E-state index contributed by atoms with van der Waals surface area (Å²) in [6.07, 6.45) is 2.69. The molecule has 170 valence electrons. The predicted molar refractivity (Wildman–Crippen MR) is 121 cm³/mol. The molecule has 1 N–H and O–H groups in total. The molecule has 2 atom stereocenters. The highest BCUT2D eigenvalue weighted by molar-refractivity contribution is 7.18. The minimum Gasteiger partial charge on any atom is -0.388 e. The van der Waals surface area contributed by atoms with Gasteiger partial charge in [0.05, 0.1) is 42.6 Å². The number of fused-ring (bicyclic) bond motifs is 1. The van der Waals surface area contributed by atoms with Gasteiger partial charge in [-0.2, -0.15) is 0 Å². The van der Waals surface area contributed by atoms with Crippen LogP contribution in [0.4, 0.5) is 0 Å². The van der Waals surface area contributed by atoms with Gasteiger partial charge in [0.15, 0.2) is 0 Å². The topological polar surface area (TPSA) is 87.9 Å². The normalized spacial score (nSPS) is 24.6. The third-order valence-corrected chi connectivity index (χ3v) is 7.65. The van der Waals surface area contributed by atoms with Gasteiger partial charge in [-0.25, -0.2) is 4.98 Å². The number of hydrogen-bond donors (Lipinski definition) is 1. The van der Waals surface area contributed by atoms with Crippen LogP contribution in [0.3, 0.4) is 0 Å². The Kier molecular flexibility index (Phi) is 6.22. The van der Waals surface area contributed by atoms with Crippen molar-refractivity contribution in [2.24, 2.45) is 0 Å². The molecule has 0 aromatic carbocycles. The number of ether oxygens (including phenoxy) is 1. The monoisotopic (exact) mass is 448 g/mol. The summed E-state index contributed by atoms with van der Waals surface area (Å²) < 4.78 is 7.25. The van der Waals surface area contributed by atoms with Gasteiger partial charge in [-0.05, 0) is 46.1 Å². The van der Waals surface area contributed by atoms with Crippen LogP contribution < -0.4 is 5.56 Å². The molecule has 2 aromatic rings. The van der Waals surface area contributed by atoms with E-state index in [1.54, 1.807) is 10.9 Å². The molecule has 1 amide bonds. The van der Waals surface area contributed by atoms with Gasteiger partial charge >= 0.3 is 0 Å². The zero-order chi connectivity index (χ0) is 22.3. The Balaban J connectivity index is 1.37. The molecular weight excluding hydrogens is 416 g/mol. The Morgan fingerprint density at radius 3 is 2.55 bits per heavy atom. The Morgan fingerprint density at radius 1 is 1.26 bits per heavy atom. The van der Waals surface area contributed by atoms with Crippen LogP contribution in [-0.2, 0) is 16.1 Å². The van der Waals surface area contributed by atoms with Crippen molar-refractivity contribution >= 4 is 27.5 Å². The van der Waals surface area contributed by atoms with Gasteiger partial charge in [0, 0.05) is 31.1 Å². The van der Waals surface area contributed by atoms with Crippen LogP contribution in [0.1, 0.15) is 37.1 Å². The summed E-state index contributed by atoms with van der Waals surface area (Å²) >= 11 is 1.53. The number of hydrogen-bond acceptors (Lipinski definition) is 7. The zero-order valence-corrected chi connectivity index (χ0v) is 19.6. The van der Waals surface area contributed by atoms with Gasteiger partial charge in [0.1, 0.15) is 4.83 Å². The molecule has 8 nitrogen and oxygen atoms in total. The van der Waals surface area contributed by atoms with E-state index in [2.05, 4.69) is 9.88 Å². The largest absolute Gasteiger partial charge is 0.388 e. The number of piperidine rings is 1. The van der Waals surface area contributed by atoms with Gasteiger partial charge in [-0.1, -0.05) is 0 Å². The van der Waals surface area contributed by atoms with E-state index < -0.39 is 5.60 Å². The SMILES string of the molecule is Cc1sc2ncn(CC3(O)CCN(CC(=O)N4CC(C)OC(C)C4)CC3)c(=O)c2c1C. The van der Waals surface area contributed by atoms with Crippen LogP contribution in [0.15, 0.2) is 11.1 Å². The fraction of sp³-hybridized carbons (Fsp3) is 0.682. The number of rotatable bonds is 4. The molecule has 4 heterocycles. The minimum atomic E-state index is -0.973. The average Bonchev–Trinajstić information content (AvgIpc) is 3.00. The number of morpholine rings is 1. The summed E-state index contributed by atoms with van der Waals surface area (Å²) in [6.45, 7) is 11.0. The summed E-state index contributed by atoms with van der Waals surface area (Å²) in [6, 6.07) is 0. The third-order valence-electron chi connectivity index (χ3n) is 6.54. The molecule has 0 radical (unpaired) electrons. The quantitative estimate of drug-likeness (QED) is 0.763. The van der Waals surface area contributed by atoms with E-state index in [1.807, 2.05) is 32.6 Å². The minimum absolute atomic E-state index is 0.0547. The number of aromatic nitrogens is 2. The number of aryl methyl sites for hydroxylation is 2. The molecule has 4 rings (SSSR count). The van der Waals surface area contributed by atoms with Gasteiger partial charge in [-0.3, -0.25) is 19.1 Å². The molecule has 31 heavy (non-hydrogen) atoms. The van der Waals surface area contributed by atoms with E-state index in [9.17, 15) is 14.7 Å². The van der Waals surface area contributed by atoms with Crippen molar-refractivity contribution in [1.82, 2.24) is 19.4 Å². The lowest BCUT2D eigenvalue weighted by atomic mass is 9.91. The van der Waals surface area contributed by atoms with Gasteiger partial charge in [-0.15, -0.1) is 11.3 Å². The number of aliphatic hydroxyl groups is 1. The fourth-order valence-electron chi connectivity index (χ4n) is 4.66. The first-order valence-electron chi connectivity index (χ1n) is 11.0. The van der Waals surface area contributed by atoms with E-state index in [-0.39, 0.29) is 30.2 Å². The molecule has 2 aromatic heterocycles. The smallest absolute Gasteiger partial charge is 0.262 e. The first kappa shape index (κ1) is 22.4. The summed E-state index contributed by atoms with van der Waals surface area (Å²) in [5.41, 5.74) is -0.0907. The maximum absolute atomic E-state index is 13.0. The van der Waals surface area contributed by atoms with Gasteiger partial charge in [0.25, 0.3) is 5.56 Å². The number of likely N-dealkylation sites (tertiary alicyclic amines) is 1. The molecular formula is C22H32N4O4S. The predicted octanol–water partition coefficient (Wildman–Crippen LogP) is 1.54. The Bertz CT molecular complexity index is 1010. The molecule has 0 aliphatic carbocycles. The van der Waals surface area contributed by atoms with E-state index >= 15 is 0 Å². The molecule has 0 saturated carbocycles. The van der Waals surface area contributed by atoms with Crippen LogP contribution in [0.25, 0.3) is 10.2 Å². The van der Waals surface area contributed by atoms with Crippen LogP contribution >= 0.6 is 11.3 Å². The van der Waals surface area contributed by atoms with Crippen molar-refractivity contribution in [1.29, 1.82) is 0 Å². The highest BCUT2D eigenvalue weighted by Gasteiger charge is 2.35. The maximum Gasteiger partial charge on any atom is 0.262 e. The molecule has 2 fully saturated rings. The lowest BCUT2D eigenvalue weighted by Gasteiger charge is -2.40. The zero-order valence-electron chi connectivity index (χ0n) is 18.8. The lowest BCUT2D eigenvalue weighted by molar-refractivity contribution is -0.145. The third kappa shape index (κ3) is 4.69. The van der Waals surface area contributed by atoms with E-state index in [1.165, 1.54) is 11.3 Å². The number of thiophene rings is 1. The van der Waals surface area contributed by atoms with Crippen molar-refractivity contribution in [2.75, 3.05) is 32.7 Å². The van der Waals surface area contributed by atoms with Crippen molar-refractivity contribution < 1.29 is 14.6 Å². The van der Waals surface area contributed by atoms with Crippen LogP contribution in [0.5, 0.6) is 0 Å². The molecule has 2 aliphatic rings. The maximum atomic E-state index is 13.0. The fourth-order valence-corrected chi connectivity index (χ4v) is 5.65. The first-order chi connectivity index (χ1) is 14.6. The van der Waals surface area contributed by atoms with E-state index in [0.717, 1.165) is 15.3 Å². The average molecular weight is 449 g/mol. The van der Waals surface area contributed by atoms with E-state index in [4.69, 9.17) is 4.74 Å². The molecule has 9 heteroatoms. The second-order valence-corrected chi connectivity index (χ2v) is 10.4. The van der Waals surface area contributed by atoms with Crippen LogP contribution in [-0.4, -0.2) is 80.9 Å². The molecule has 2 unspecified atom stereocenters. The first-order valence-corrected chi connectivity index (χ1v) is 11.8. The number of carbonyl (C=O) groups is 1. The highest BCUT2D eigenvalue weighted by atomic mass is 32.1. The number of carbonyl (C=O) groups excluding carboxylic acids is 1. The summed E-state index contributed by atoms with van der Waals surface area (Å²) in [5.74, 6) is 0.113. The van der Waals surface area contributed by atoms with Crippen LogP contribution in [0, 0.1) is 13.8 Å². The van der Waals surface area contributed by atoms with Gasteiger partial charge in [0.2, 0.25) is 5.91 Å². The Labute approximate surface area is 186 Å². The van der Waals surface area contributed by atoms with Crippen molar-refractivity contribution in [3.05, 3.63) is 27.1 Å². The van der Waals surface area contributed by atoms with Crippen molar-refractivity contribution in [3.8, 4) is 0 Å². The second-order valence-electron chi connectivity index (χ2n) is 9.20. The van der Waals surface area contributed by atoms with Crippen LogP contribution in [0.2, 0.25) is 0 Å². The summed E-state index contributed by atoms with van der Waals surface area (Å²) in [7, 11) is 0. The summed E-state index contributed by atoms with van der Waals surface area (Å²) in [4.78, 5) is 36.0. The van der Waals surface area contributed by atoms with Crippen molar-refractivity contribution in [2.45, 2.75) is 64.9 Å². The Morgan fingerprint density at radius 2 is 1.90 bits per heavy atom.